The third kappa shape index (κ3) is 5.75. The van der Waals surface area contributed by atoms with E-state index in [0.29, 0.717) is 28.9 Å². The second kappa shape index (κ2) is 9.25. The molecule has 0 unspecified atom stereocenters. The minimum absolute atomic E-state index is 0. The molecule has 6 nitrogen and oxygen atoms in total. The van der Waals surface area contributed by atoms with Crippen molar-refractivity contribution in [2.24, 2.45) is 10.9 Å². The van der Waals surface area contributed by atoms with Gasteiger partial charge in [0.1, 0.15) is 5.75 Å². The number of aliphatic imine (C=N–C) groups is 1. The number of alkyl halides is 2. The molecule has 0 aromatic heterocycles. The maximum Gasteiger partial charge on any atom is 0.387 e. The van der Waals surface area contributed by atoms with Crippen LogP contribution in [0.5, 0.6) is 17.2 Å². The molecule has 0 radical (unpaired) electrons. The molecule has 9 heteroatoms. The van der Waals surface area contributed by atoms with Gasteiger partial charge in [0.15, 0.2) is 17.5 Å². The molecule has 1 saturated carbocycles. The Labute approximate surface area is 162 Å². The van der Waals surface area contributed by atoms with E-state index in [4.69, 9.17) is 9.47 Å². The van der Waals surface area contributed by atoms with Gasteiger partial charge in [0.2, 0.25) is 6.79 Å². The van der Waals surface area contributed by atoms with Crippen LogP contribution in [-0.4, -0.2) is 32.5 Å². The first kappa shape index (κ1) is 19.8. The van der Waals surface area contributed by atoms with Crippen LogP contribution in [0.25, 0.3) is 0 Å². The summed E-state index contributed by atoms with van der Waals surface area (Å²) >= 11 is 0. The average molecular weight is 469 g/mol. The number of nitrogens with one attached hydrogen (secondary N) is 2. The Bertz CT molecular complexity index is 613. The smallest absolute Gasteiger partial charge is 0.387 e. The Hall–Kier alpha value is -1.52. The quantitative estimate of drug-likeness (QED) is 0.365. The number of halogens is 3. The first-order valence-corrected chi connectivity index (χ1v) is 8.05. The predicted molar refractivity (Wildman–Crippen MR) is 100 cm³/mol. The Morgan fingerprint density at radius 3 is 2.64 bits per heavy atom. The SMILES string of the molecule is CCNC(=NCc1cc2c(cc1OC(F)F)OCO2)NCC1CC1.I. The van der Waals surface area contributed by atoms with E-state index in [-0.39, 0.29) is 43.1 Å². The lowest BCUT2D eigenvalue weighted by atomic mass is 10.1. The molecule has 0 amide bonds. The Kier molecular flexibility index (Phi) is 7.33. The third-order valence-electron chi connectivity index (χ3n) is 3.78. The summed E-state index contributed by atoms with van der Waals surface area (Å²) in [5, 5.41) is 6.40. The molecule has 25 heavy (non-hydrogen) atoms. The van der Waals surface area contributed by atoms with Gasteiger partial charge in [0, 0.05) is 24.7 Å². The zero-order chi connectivity index (χ0) is 16.9. The monoisotopic (exact) mass is 469 g/mol. The van der Waals surface area contributed by atoms with Crippen LogP contribution in [0.4, 0.5) is 8.78 Å². The zero-order valence-corrected chi connectivity index (χ0v) is 16.2. The van der Waals surface area contributed by atoms with Gasteiger partial charge in [0.05, 0.1) is 6.54 Å². The van der Waals surface area contributed by atoms with Crippen LogP contribution < -0.4 is 24.8 Å². The summed E-state index contributed by atoms with van der Waals surface area (Å²) in [6.07, 6.45) is 2.47. The Morgan fingerprint density at radius 2 is 2.00 bits per heavy atom. The molecule has 0 spiro atoms. The number of hydrogen-bond donors (Lipinski definition) is 2. The summed E-state index contributed by atoms with van der Waals surface area (Å²) in [6.45, 7) is 0.917. The molecule has 1 aliphatic heterocycles. The van der Waals surface area contributed by atoms with Gasteiger partial charge in [-0.2, -0.15) is 8.78 Å². The highest BCUT2D eigenvalue weighted by Gasteiger charge is 2.22. The molecular formula is C16H22F2IN3O3. The molecular weight excluding hydrogens is 447 g/mol. The first-order chi connectivity index (χ1) is 11.7. The standard InChI is InChI=1S/C16H21F2N3O3.HI/c1-2-19-16(20-7-10-3-4-10)21-8-11-5-13-14(23-9-22-13)6-12(11)24-15(17)18;/h5-6,10,15H,2-4,7-9H2,1H3,(H2,19,20,21);1H. The van der Waals surface area contributed by atoms with E-state index in [9.17, 15) is 8.78 Å². The van der Waals surface area contributed by atoms with E-state index >= 15 is 0 Å². The van der Waals surface area contributed by atoms with Gasteiger partial charge in [-0.1, -0.05) is 0 Å². The van der Waals surface area contributed by atoms with Gasteiger partial charge in [0.25, 0.3) is 0 Å². The van der Waals surface area contributed by atoms with Crippen molar-refractivity contribution in [1.29, 1.82) is 0 Å². The minimum atomic E-state index is -2.91. The van der Waals surface area contributed by atoms with Gasteiger partial charge in [-0.25, -0.2) is 4.99 Å². The zero-order valence-electron chi connectivity index (χ0n) is 13.9. The average Bonchev–Trinajstić information content (AvgIpc) is 3.26. The van der Waals surface area contributed by atoms with Gasteiger partial charge in [-0.15, -0.1) is 24.0 Å². The predicted octanol–water partition coefficient (Wildman–Crippen LogP) is 3.10. The van der Waals surface area contributed by atoms with E-state index in [0.717, 1.165) is 13.1 Å². The molecule has 1 heterocycles. The largest absolute Gasteiger partial charge is 0.454 e. The second-order valence-corrected chi connectivity index (χ2v) is 5.71. The maximum absolute atomic E-state index is 12.6. The van der Waals surface area contributed by atoms with E-state index in [1.807, 2.05) is 6.92 Å². The van der Waals surface area contributed by atoms with Crippen molar-refractivity contribution in [2.75, 3.05) is 19.9 Å². The molecule has 0 atom stereocenters. The van der Waals surface area contributed by atoms with Crippen molar-refractivity contribution in [3.05, 3.63) is 17.7 Å². The third-order valence-corrected chi connectivity index (χ3v) is 3.78. The highest BCUT2D eigenvalue weighted by atomic mass is 127. The van der Waals surface area contributed by atoms with Crippen molar-refractivity contribution in [3.63, 3.8) is 0 Å². The van der Waals surface area contributed by atoms with Gasteiger partial charge in [-0.05, 0) is 31.7 Å². The van der Waals surface area contributed by atoms with Crippen LogP contribution in [0.15, 0.2) is 17.1 Å². The minimum Gasteiger partial charge on any atom is -0.454 e. The summed E-state index contributed by atoms with van der Waals surface area (Å²) < 4.78 is 40.4. The summed E-state index contributed by atoms with van der Waals surface area (Å²) in [7, 11) is 0. The van der Waals surface area contributed by atoms with Gasteiger partial charge in [-0.3, -0.25) is 0 Å². The van der Waals surface area contributed by atoms with Gasteiger partial charge < -0.3 is 24.8 Å². The van der Waals surface area contributed by atoms with E-state index in [1.165, 1.54) is 18.9 Å². The van der Waals surface area contributed by atoms with Crippen molar-refractivity contribution in [2.45, 2.75) is 32.9 Å². The van der Waals surface area contributed by atoms with E-state index < -0.39 is 6.61 Å². The van der Waals surface area contributed by atoms with Crippen LogP contribution in [0.3, 0.4) is 0 Å². The number of benzene rings is 1. The molecule has 1 fully saturated rings. The van der Waals surface area contributed by atoms with Gasteiger partial charge >= 0.3 is 6.61 Å². The first-order valence-electron chi connectivity index (χ1n) is 8.05. The molecule has 1 aliphatic carbocycles. The van der Waals surface area contributed by atoms with Crippen LogP contribution in [0, 0.1) is 5.92 Å². The number of ether oxygens (including phenoxy) is 3. The van der Waals surface area contributed by atoms with Crippen LogP contribution in [-0.2, 0) is 6.54 Å². The van der Waals surface area contributed by atoms with Crippen molar-refractivity contribution in [1.82, 2.24) is 10.6 Å². The Balaban J connectivity index is 0.00000225. The fourth-order valence-electron chi connectivity index (χ4n) is 2.36. The van der Waals surface area contributed by atoms with Crippen LogP contribution in [0.1, 0.15) is 25.3 Å². The number of rotatable bonds is 7. The highest BCUT2D eigenvalue weighted by molar-refractivity contribution is 14.0. The normalized spacial score (nSPS) is 15.8. The van der Waals surface area contributed by atoms with Crippen LogP contribution >= 0.6 is 24.0 Å². The number of nitrogens with zero attached hydrogens (tertiary/aromatic N) is 1. The topological polar surface area (TPSA) is 64.1 Å². The fourth-order valence-corrected chi connectivity index (χ4v) is 2.36. The van der Waals surface area contributed by atoms with Crippen molar-refractivity contribution < 1.29 is 23.0 Å². The van der Waals surface area contributed by atoms with Crippen molar-refractivity contribution in [3.8, 4) is 17.2 Å². The lowest BCUT2D eigenvalue weighted by Gasteiger charge is -2.13. The molecule has 0 saturated heterocycles. The number of guanidine groups is 1. The maximum atomic E-state index is 12.6. The molecule has 1 aromatic carbocycles. The number of fused-ring (bicyclic) bond motifs is 1. The molecule has 0 bridgehead atoms. The fraction of sp³-hybridized carbons (Fsp3) is 0.562. The summed E-state index contributed by atoms with van der Waals surface area (Å²) in [5.74, 6) is 2.33. The van der Waals surface area contributed by atoms with E-state index in [1.54, 1.807) is 6.07 Å². The molecule has 3 rings (SSSR count). The number of hydrogen-bond acceptors (Lipinski definition) is 4. The summed E-state index contributed by atoms with van der Waals surface area (Å²) in [6, 6.07) is 3.05. The lowest BCUT2D eigenvalue weighted by molar-refractivity contribution is -0.0505. The highest BCUT2D eigenvalue weighted by Crippen LogP contribution is 2.39. The van der Waals surface area contributed by atoms with E-state index in [2.05, 4.69) is 20.4 Å². The summed E-state index contributed by atoms with van der Waals surface area (Å²) in [5.41, 5.74) is 0.517. The summed E-state index contributed by atoms with van der Waals surface area (Å²) in [4.78, 5) is 4.45. The molecule has 2 N–H and O–H groups in total. The lowest BCUT2D eigenvalue weighted by Crippen LogP contribution is -2.38. The second-order valence-electron chi connectivity index (χ2n) is 5.71. The molecule has 140 valence electrons. The molecule has 1 aromatic rings. The molecule has 2 aliphatic rings. The van der Waals surface area contributed by atoms with Crippen LogP contribution in [0.2, 0.25) is 0 Å². The Morgan fingerprint density at radius 1 is 1.28 bits per heavy atom. The van der Waals surface area contributed by atoms with Crippen molar-refractivity contribution >= 4 is 29.9 Å².